The first-order chi connectivity index (χ1) is 21.3. The van der Waals surface area contributed by atoms with Crippen LogP contribution in [0.3, 0.4) is 0 Å². The largest absolute Gasteiger partial charge is 0.480 e. The van der Waals surface area contributed by atoms with Crippen LogP contribution in [-0.4, -0.2) is 110 Å². The van der Waals surface area contributed by atoms with Crippen LogP contribution in [0.2, 0.25) is 0 Å². The number of carbonyl (C=O) groups excluding carboxylic acids is 6. The topological polar surface area (TPSA) is 312 Å². The zero-order valence-electron chi connectivity index (χ0n) is 25.6. The fourth-order valence-corrected chi connectivity index (χ4v) is 3.65. The van der Waals surface area contributed by atoms with Crippen molar-refractivity contribution >= 4 is 59.2 Å². The molecule has 4 atom stereocenters. The van der Waals surface area contributed by atoms with Gasteiger partial charge in [-0.2, -0.15) is 0 Å². The second kappa shape index (κ2) is 20.8. The van der Waals surface area contributed by atoms with Crippen molar-refractivity contribution in [2.24, 2.45) is 5.92 Å². The van der Waals surface area contributed by atoms with E-state index >= 15 is 0 Å². The zero-order chi connectivity index (χ0) is 35.6. The fourth-order valence-electron chi connectivity index (χ4n) is 3.65. The number of nitrogens with one attached hydrogen (secondary N) is 5. The number of aliphatic carboxylic acids is 4. The van der Waals surface area contributed by atoms with Crippen molar-refractivity contribution in [1.29, 1.82) is 0 Å². The Labute approximate surface area is 263 Å². The van der Waals surface area contributed by atoms with E-state index < -0.39 is 110 Å². The summed E-state index contributed by atoms with van der Waals surface area (Å²) in [5, 5.41) is 48.1. The first-order valence-electron chi connectivity index (χ1n) is 14.2. The number of carboxylic acid groups (broad SMARTS) is 4. The van der Waals surface area contributed by atoms with E-state index in [1.165, 1.54) is 0 Å². The molecule has 0 radical (unpaired) electrons. The molecule has 0 bridgehead atoms. The van der Waals surface area contributed by atoms with Crippen LogP contribution in [0.1, 0.15) is 72.1 Å². The van der Waals surface area contributed by atoms with Crippen molar-refractivity contribution in [3.05, 3.63) is 0 Å². The second-order valence-electron chi connectivity index (χ2n) is 10.5. The summed E-state index contributed by atoms with van der Waals surface area (Å²) in [7, 11) is 0. The molecular formula is C27H41N5O14. The number of ketones is 1. The van der Waals surface area contributed by atoms with Crippen LogP contribution >= 0.6 is 0 Å². The van der Waals surface area contributed by atoms with Crippen LogP contribution in [0.5, 0.6) is 0 Å². The summed E-state index contributed by atoms with van der Waals surface area (Å²) in [6.45, 7) is 4.13. The predicted octanol–water partition coefficient (Wildman–Crippen LogP) is -2.25. The highest BCUT2D eigenvalue weighted by Gasteiger charge is 2.27. The average Bonchev–Trinajstić information content (AvgIpc) is 2.95. The van der Waals surface area contributed by atoms with Crippen molar-refractivity contribution < 1.29 is 68.4 Å². The van der Waals surface area contributed by atoms with Crippen molar-refractivity contribution in [2.75, 3.05) is 6.54 Å². The van der Waals surface area contributed by atoms with Crippen molar-refractivity contribution in [1.82, 2.24) is 26.6 Å². The van der Waals surface area contributed by atoms with Gasteiger partial charge < -0.3 is 47.0 Å². The van der Waals surface area contributed by atoms with Gasteiger partial charge in [-0.3, -0.25) is 28.8 Å². The molecule has 0 rings (SSSR count). The molecule has 0 aliphatic heterocycles. The van der Waals surface area contributed by atoms with Crippen LogP contribution in [0.25, 0.3) is 0 Å². The van der Waals surface area contributed by atoms with Crippen LogP contribution in [0, 0.1) is 5.92 Å². The maximum atomic E-state index is 12.3. The summed E-state index contributed by atoms with van der Waals surface area (Å²) < 4.78 is 0. The second-order valence-corrected chi connectivity index (χ2v) is 10.5. The lowest BCUT2D eigenvalue weighted by molar-refractivity contribution is -0.144. The molecule has 0 unspecified atom stereocenters. The van der Waals surface area contributed by atoms with Crippen LogP contribution in [-0.2, 0) is 47.9 Å². The first-order valence-corrected chi connectivity index (χ1v) is 14.2. The highest BCUT2D eigenvalue weighted by atomic mass is 16.4. The Hall–Kier alpha value is -5.10. The lowest BCUT2D eigenvalue weighted by Gasteiger charge is -2.18. The van der Waals surface area contributed by atoms with Gasteiger partial charge in [0.25, 0.3) is 0 Å². The molecule has 0 heterocycles. The van der Waals surface area contributed by atoms with E-state index in [0.29, 0.717) is 0 Å². The van der Waals surface area contributed by atoms with E-state index in [-0.39, 0.29) is 37.5 Å². The normalized spacial score (nSPS) is 13.2. The molecule has 19 nitrogen and oxygen atoms in total. The number of carboxylic acids is 4. The predicted molar refractivity (Wildman–Crippen MR) is 154 cm³/mol. The van der Waals surface area contributed by atoms with Crippen molar-refractivity contribution in [3.63, 3.8) is 0 Å². The standard InChI is InChI=1S/C27H41N5O14/c1-13(2)19(34)12-28-20(35)8-4-16(25(41)42)30-22(37)10-6-18(27(45)46)32-23(38)11-7-17(26(43)44)31-21(36)9-5-15(24(39)40)29-14(3)33/h13,15-18H,4-12H2,1-3H3,(H,28,35)(H,29,33)(H,30,37)(H,31,36)(H,32,38)(H,39,40)(H,41,42)(H,43,44)(H,45,46)/t15-,16-,17-,18-/m0/s1. The number of hydrogen-bond donors (Lipinski definition) is 9. The molecule has 0 aromatic carbocycles. The number of rotatable bonds is 23. The summed E-state index contributed by atoms with van der Waals surface area (Å²) in [5.74, 6) is -10.4. The molecule has 5 amide bonds. The smallest absolute Gasteiger partial charge is 0.326 e. The van der Waals surface area contributed by atoms with Crippen molar-refractivity contribution in [3.8, 4) is 0 Å². The zero-order valence-corrected chi connectivity index (χ0v) is 25.6. The lowest BCUT2D eigenvalue weighted by atomic mass is 10.1. The molecule has 19 heteroatoms. The van der Waals surface area contributed by atoms with Gasteiger partial charge in [0, 0.05) is 38.5 Å². The van der Waals surface area contributed by atoms with E-state index in [9.17, 15) is 63.3 Å². The molecular weight excluding hydrogens is 618 g/mol. The monoisotopic (exact) mass is 659 g/mol. The summed E-state index contributed by atoms with van der Waals surface area (Å²) in [6, 6.07) is -6.10. The third-order valence-electron chi connectivity index (χ3n) is 6.32. The molecule has 0 aromatic rings. The molecule has 258 valence electrons. The molecule has 9 N–H and O–H groups in total. The van der Waals surface area contributed by atoms with Crippen LogP contribution in [0.4, 0.5) is 0 Å². The van der Waals surface area contributed by atoms with E-state index in [2.05, 4.69) is 26.6 Å². The molecule has 0 fully saturated rings. The Bertz CT molecular complexity index is 1170. The number of Topliss-reactive ketones (excluding diaryl/α,β-unsaturated/α-hetero) is 1. The minimum atomic E-state index is -1.62. The number of hydrogen-bond acceptors (Lipinski definition) is 10. The van der Waals surface area contributed by atoms with Gasteiger partial charge in [0.15, 0.2) is 5.78 Å². The molecule has 0 aliphatic carbocycles. The van der Waals surface area contributed by atoms with E-state index in [1.54, 1.807) is 13.8 Å². The minimum Gasteiger partial charge on any atom is -0.480 e. The Morgan fingerprint density at radius 1 is 0.478 bits per heavy atom. The van der Waals surface area contributed by atoms with Crippen molar-refractivity contribution in [2.45, 2.75) is 96.3 Å². The van der Waals surface area contributed by atoms with Gasteiger partial charge in [-0.25, -0.2) is 19.2 Å². The Morgan fingerprint density at radius 3 is 1.02 bits per heavy atom. The third-order valence-corrected chi connectivity index (χ3v) is 6.32. The van der Waals surface area contributed by atoms with Crippen LogP contribution in [0.15, 0.2) is 0 Å². The molecule has 0 aromatic heterocycles. The van der Waals surface area contributed by atoms with Gasteiger partial charge in [0.05, 0.1) is 6.54 Å². The summed E-state index contributed by atoms with van der Waals surface area (Å²) in [5.41, 5.74) is 0. The van der Waals surface area contributed by atoms with E-state index in [1.807, 2.05) is 0 Å². The van der Waals surface area contributed by atoms with Gasteiger partial charge >= 0.3 is 23.9 Å². The molecule has 0 saturated carbocycles. The van der Waals surface area contributed by atoms with Gasteiger partial charge in [-0.05, 0) is 25.7 Å². The Kier molecular flexibility index (Phi) is 18.5. The maximum absolute atomic E-state index is 12.3. The molecule has 0 aliphatic rings. The van der Waals surface area contributed by atoms with Crippen LogP contribution < -0.4 is 26.6 Å². The quantitative estimate of drug-likeness (QED) is 0.0560. The number of amides is 5. The SMILES string of the molecule is CC(=O)N[C@@H](CCC(=O)N[C@@H](CCC(=O)N[C@@H](CCC(=O)N[C@@H](CCC(=O)NCC(=O)C(C)C)C(=O)O)C(=O)O)C(=O)O)C(=O)O. The molecule has 0 spiro atoms. The highest BCUT2D eigenvalue weighted by Crippen LogP contribution is 2.06. The first kappa shape index (κ1) is 40.9. The van der Waals surface area contributed by atoms with E-state index in [0.717, 1.165) is 6.92 Å². The molecule has 0 saturated heterocycles. The van der Waals surface area contributed by atoms with Gasteiger partial charge in [0.2, 0.25) is 29.5 Å². The summed E-state index contributed by atoms with van der Waals surface area (Å²) >= 11 is 0. The van der Waals surface area contributed by atoms with Gasteiger partial charge in [0.1, 0.15) is 24.2 Å². The highest BCUT2D eigenvalue weighted by molar-refractivity contribution is 5.89. The number of carbonyl (C=O) groups is 10. The Morgan fingerprint density at radius 2 is 0.761 bits per heavy atom. The lowest BCUT2D eigenvalue weighted by Crippen LogP contribution is -2.45. The van der Waals surface area contributed by atoms with Gasteiger partial charge in [-0.15, -0.1) is 0 Å². The summed E-state index contributed by atoms with van der Waals surface area (Å²) in [4.78, 5) is 117. The molecule has 46 heavy (non-hydrogen) atoms. The fraction of sp³-hybridized carbons (Fsp3) is 0.630. The third kappa shape index (κ3) is 17.9. The van der Waals surface area contributed by atoms with Gasteiger partial charge in [-0.1, -0.05) is 13.8 Å². The average molecular weight is 660 g/mol. The Balaban J connectivity index is 4.89. The minimum absolute atomic E-state index is 0.228. The summed E-state index contributed by atoms with van der Waals surface area (Å²) in [6.07, 6.45) is -3.52. The van der Waals surface area contributed by atoms with E-state index in [4.69, 9.17) is 5.11 Å². The maximum Gasteiger partial charge on any atom is 0.326 e.